The molecule has 3 N–H and O–H groups in total. The summed E-state index contributed by atoms with van der Waals surface area (Å²) >= 11 is 6.09. The Balaban J connectivity index is 1.37. The average molecular weight is 427 g/mol. The maximum absolute atomic E-state index is 12.9. The van der Waals surface area contributed by atoms with E-state index in [9.17, 15) is 14.4 Å². The highest BCUT2D eigenvalue weighted by Gasteiger charge is 2.46. The number of hydrogen-bond acceptors (Lipinski definition) is 3. The molecule has 0 spiro atoms. The molecule has 0 saturated carbocycles. The van der Waals surface area contributed by atoms with Crippen LogP contribution in [0.25, 0.3) is 0 Å². The highest BCUT2D eigenvalue weighted by atomic mass is 35.5. The summed E-state index contributed by atoms with van der Waals surface area (Å²) in [6, 6.07) is 13.0. The van der Waals surface area contributed by atoms with Gasteiger partial charge in [-0.1, -0.05) is 48.0 Å². The third-order valence-corrected chi connectivity index (χ3v) is 5.96. The molecule has 0 radical (unpaired) electrons. The van der Waals surface area contributed by atoms with Crippen LogP contribution >= 0.6 is 11.6 Å². The molecular weight excluding hydrogens is 404 g/mol. The van der Waals surface area contributed by atoms with E-state index in [4.69, 9.17) is 11.6 Å². The van der Waals surface area contributed by atoms with Crippen molar-refractivity contribution in [3.8, 4) is 0 Å². The third kappa shape index (κ3) is 4.26. The number of hydrogen-bond donors (Lipinski definition) is 3. The van der Waals surface area contributed by atoms with Gasteiger partial charge in [-0.25, -0.2) is 4.79 Å². The zero-order valence-electron chi connectivity index (χ0n) is 16.5. The fourth-order valence-electron chi connectivity index (χ4n) is 3.97. The molecule has 4 amide bonds. The van der Waals surface area contributed by atoms with Crippen LogP contribution in [-0.4, -0.2) is 47.4 Å². The topological polar surface area (TPSA) is 90.5 Å². The van der Waals surface area contributed by atoms with Crippen molar-refractivity contribution in [3.05, 3.63) is 64.7 Å². The van der Waals surface area contributed by atoms with E-state index in [2.05, 4.69) is 16.0 Å². The number of nitrogens with one attached hydrogen (secondary N) is 3. The lowest BCUT2D eigenvalue weighted by atomic mass is 10.0. The quantitative estimate of drug-likeness (QED) is 0.701. The van der Waals surface area contributed by atoms with Crippen LogP contribution in [0.4, 0.5) is 10.5 Å². The van der Waals surface area contributed by atoms with Gasteiger partial charge in [0.1, 0.15) is 12.1 Å². The van der Waals surface area contributed by atoms with E-state index in [0.29, 0.717) is 30.1 Å². The molecule has 2 aliphatic rings. The number of halogens is 1. The lowest BCUT2D eigenvalue weighted by Crippen LogP contribution is -2.61. The molecule has 2 aliphatic heterocycles. The lowest BCUT2D eigenvalue weighted by Gasteiger charge is -2.34. The summed E-state index contributed by atoms with van der Waals surface area (Å²) in [6.45, 7) is 2.19. The molecule has 0 bridgehead atoms. The maximum atomic E-state index is 12.9. The summed E-state index contributed by atoms with van der Waals surface area (Å²) in [5.41, 5.74) is 2.49. The lowest BCUT2D eigenvalue weighted by molar-refractivity contribution is -0.147. The van der Waals surface area contributed by atoms with Gasteiger partial charge in [-0.15, -0.1) is 0 Å². The number of carbonyl (C=O) groups excluding carboxylic acids is 3. The first-order valence-corrected chi connectivity index (χ1v) is 10.3. The van der Waals surface area contributed by atoms with Crippen LogP contribution in [0.2, 0.25) is 5.02 Å². The van der Waals surface area contributed by atoms with Crippen LogP contribution < -0.4 is 16.0 Å². The van der Waals surface area contributed by atoms with Gasteiger partial charge >= 0.3 is 6.03 Å². The van der Waals surface area contributed by atoms with Gasteiger partial charge in [-0.3, -0.25) is 9.59 Å². The summed E-state index contributed by atoms with van der Waals surface area (Å²) in [7, 11) is 0. The van der Waals surface area contributed by atoms with Crippen molar-refractivity contribution in [2.24, 2.45) is 0 Å². The van der Waals surface area contributed by atoms with Gasteiger partial charge < -0.3 is 20.9 Å². The van der Waals surface area contributed by atoms with Crippen LogP contribution in [0, 0.1) is 6.92 Å². The number of benzene rings is 2. The number of aryl methyl sites for hydroxylation is 1. The predicted molar refractivity (Wildman–Crippen MR) is 114 cm³/mol. The van der Waals surface area contributed by atoms with Crippen molar-refractivity contribution in [1.82, 2.24) is 15.5 Å². The van der Waals surface area contributed by atoms with Crippen molar-refractivity contribution in [2.75, 3.05) is 11.9 Å². The second-order valence-corrected chi connectivity index (χ2v) is 8.16. The number of nitrogens with zero attached hydrogens (tertiary/aromatic N) is 1. The molecule has 2 heterocycles. The van der Waals surface area contributed by atoms with E-state index in [1.165, 1.54) is 0 Å². The molecule has 2 fully saturated rings. The van der Waals surface area contributed by atoms with E-state index >= 15 is 0 Å². The third-order valence-electron chi connectivity index (χ3n) is 5.55. The Hall–Kier alpha value is -3.06. The van der Waals surface area contributed by atoms with Crippen LogP contribution in [0.3, 0.4) is 0 Å². The second kappa shape index (κ2) is 8.36. The van der Waals surface area contributed by atoms with Crippen molar-refractivity contribution in [2.45, 2.75) is 37.9 Å². The van der Waals surface area contributed by atoms with Crippen molar-refractivity contribution in [1.29, 1.82) is 0 Å². The number of rotatable bonds is 4. The molecule has 30 heavy (non-hydrogen) atoms. The summed E-state index contributed by atoms with van der Waals surface area (Å²) in [5, 5.41) is 9.01. The first-order chi connectivity index (χ1) is 14.4. The molecule has 0 aromatic heterocycles. The molecule has 2 aromatic rings. The molecule has 8 heteroatoms. The van der Waals surface area contributed by atoms with Gasteiger partial charge in [0.05, 0.1) is 6.04 Å². The zero-order valence-corrected chi connectivity index (χ0v) is 17.3. The smallest absolute Gasteiger partial charge is 0.319 e. The highest BCUT2D eigenvalue weighted by Crippen LogP contribution is 2.24. The second-order valence-electron chi connectivity index (χ2n) is 7.75. The Morgan fingerprint density at radius 2 is 1.97 bits per heavy atom. The normalized spacial score (nSPS) is 23.0. The Morgan fingerprint density at radius 1 is 1.20 bits per heavy atom. The minimum atomic E-state index is -0.585. The molecule has 3 atom stereocenters. The Labute approximate surface area is 179 Å². The molecule has 4 rings (SSSR count). The van der Waals surface area contributed by atoms with E-state index in [0.717, 1.165) is 11.1 Å². The van der Waals surface area contributed by atoms with E-state index in [-0.39, 0.29) is 17.9 Å². The molecule has 0 unspecified atom stereocenters. The molecule has 156 valence electrons. The molecule has 2 saturated heterocycles. The average Bonchev–Trinajstić information content (AvgIpc) is 3.14. The van der Waals surface area contributed by atoms with Gasteiger partial charge in [0.25, 0.3) is 0 Å². The summed E-state index contributed by atoms with van der Waals surface area (Å²) in [4.78, 5) is 39.4. The molecule has 0 aliphatic carbocycles. The number of piperazine rings is 1. The number of carbonyl (C=O) groups is 3. The maximum Gasteiger partial charge on any atom is 0.319 e. The number of anilines is 1. The van der Waals surface area contributed by atoms with Crippen molar-refractivity contribution >= 4 is 35.1 Å². The zero-order chi connectivity index (χ0) is 21.3. The molecule has 2 aromatic carbocycles. The summed E-state index contributed by atoms with van der Waals surface area (Å²) < 4.78 is 0. The van der Waals surface area contributed by atoms with Crippen LogP contribution in [-0.2, 0) is 16.0 Å². The fourth-order valence-corrected chi connectivity index (χ4v) is 4.15. The number of urea groups is 1. The van der Waals surface area contributed by atoms with Crippen molar-refractivity contribution < 1.29 is 14.4 Å². The van der Waals surface area contributed by atoms with E-state index < -0.39 is 18.1 Å². The van der Waals surface area contributed by atoms with E-state index in [1.807, 2.05) is 43.3 Å². The predicted octanol–water partition coefficient (Wildman–Crippen LogP) is 2.48. The first kappa shape index (κ1) is 20.2. The van der Waals surface area contributed by atoms with Crippen LogP contribution in [0.5, 0.6) is 0 Å². The summed E-state index contributed by atoms with van der Waals surface area (Å²) in [6.07, 6.45) is 0.832. The van der Waals surface area contributed by atoms with Gasteiger partial charge in [0.2, 0.25) is 11.8 Å². The van der Waals surface area contributed by atoms with Gasteiger partial charge in [0.15, 0.2) is 0 Å². The standard InChI is InChI=1S/C22H23ClN4O3/c1-13-7-8-15(10-17(13)23)24-22(30)25-16-11-19-20(28)26-18(21(29)27(19)12-16)9-14-5-3-2-4-6-14/h2-8,10,16,18-19H,9,11-12H2,1H3,(H,26,28)(H2,24,25,30)/t16-,18-,19-/m0/s1. The van der Waals surface area contributed by atoms with Gasteiger partial charge in [-0.05, 0) is 36.6 Å². The first-order valence-electron chi connectivity index (χ1n) is 9.89. The fraction of sp³-hybridized carbons (Fsp3) is 0.318. The monoisotopic (exact) mass is 426 g/mol. The Kier molecular flexibility index (Phi) is 5.63. The van der Waals surface area contributed by atoms with Crippen LogP contribution in [0.15, 0.2) is 48.5 Å². The minimum Gasteiger partial charge on any atom is -0.342 e. The Morgan fingerprint density at radius 3 is 2.70 bits per heavy atom. The van der Waals surface area contributed by atoms with Gasteiger partial charge in [-0.2, -0.15) is 0 Å². The van der Waals surface area contributed by atoms with Gasteiger partial charge in [0, 0.05) is 23.7 Å². The Bertz CT molecular complexity index is 982. The van der Waals surface area contributed by atoms with E-state index in [1.54, 1.807) is 17.0 Å². The highest BCUT2D eigenvalue weighted by molar-refractivity contribution is 6.31. The minimum absolute atomic E-state index is 0.113. The van der Waals surface area contributed by atoms with Crippen LogP contribution in [0.1, 0.15) is 17.5 Å². The van der Waals surface area contributed by atoms with Crippen molar-refractivity contribution in [3.63, 3.8) is 0 Å². The molecular formula is C22H23ClN4O3. The largest absolute Gasteiger partial charge is 0.342 e. The summed E-state index contributed by atoms with van der Waals surface area (Å²) in [5.74, 6) is -0.288. The number of fused-ring (bicyclic) bond motifs is 1. The SMILES string of the molecule is Cc1ccc(NC(=O)N[C@H]2C[C@H]3C(=O)N[C@@H](Cc4ccccc4)C(=O)N3C2)cc1Cl. The number of amides is 4. The molecule has 7 nitrogen and oxygen atoms in total.